The van der Waals surface area contributed by atoms with E-state index in [4.69, 9.17) is 11.6 Å². The number of nitrogens with zero attached hydrogens (tertiary/aromatic N) is 1. The van der Waals surface area contributed by atoms with Gasteiger partial charge in [0.2, 0.25) is 15.9 Å². The van der Waals surface area contributed by atoms with E-state index in [0.29, 0.717) is 11.6 Å². The van der Waals surface area contributed by atoms with Gasteiger partial charge in [-0.25, -0.2) is 8.42 Å². The molecule has 1 N–H and O–H groups in total. The Morgan fingerprint density at radius 2 is 1.56 bits per heavy atom. The quantitative estimate of drug-likeness (QED) is 0.299. The minimum Gasteiger partial charge on any atom is -0.351 e. The first-order valence-electron chi connectivity index (χ1n) is 10.6. The Labute approximate surface area is 212 Å². The van der Waals surface area contributed by atoms with E-state index in [0.717, 1.165) is 26.4 Å². The smallest absolute Gasteiger partial charge is 0.243 e. The van der Waals surface area contributed by atoms with Crippen LogP contribution in [0, 0.1) is 0 Å². The molecule has 4 aromatic carbocycles. The maximum Gasteiger partial charge on any atom is 0.243 e. The van der Waals surface area contributed by atoms with Gasteiger partial charge in [-0.15, -0.1) is 0 Å². The van der Waals surface area contributed by atoms with Crippen LogP contribution in [-0.2, 0) is 27.9 Å². The van der Waals surface area contributed by atoms with Crippen LogP contribution in [0.4, 0.5) is 0 Å². The third-order valence-electron chi connectivity index (χ3n) is 5.40. The highest BCUT2D eigenvalue weighted by Gasteiger charge is 2.27. The van der Waals surface area contributed by atoms with Crippen molar-refractivity contribution in [2.24, 2.45) is 0 Å². The van der Waals surface area contributed by atoms with Gasteiger partial charge in [0.1, 0.15) is 0 Å². The summed E-state index contributed by atoms with van der Waals surface area (Å²) in [5, 5.41) is 5.56. The lowest BCUT2D eigenvalue weighted by atomic mass is 10.0. The molecule has 8 heteroatoms. The molecule has 0 fully saturated rings. The summed E-state index contributed by atoms with van der Waals surface area (Å²) in [7, 11) is -3.92. The number of sulfonamides is 1. The summed E-state index contributed by atoms with van der Waals surface area (Å²) in [6, 6.07) is 27.1. The van der Waals surface area contributed by atoms with E-state index >= 15 is 0 Å². The van der Waals surface area contributed by atoms with Gasteiger partial charge in [0, 0.05) is 22.6 Å². The normalized spacial score (nSPS) is 11.6. The van der Waals surface area contributed by atoms with Crippen LogP contribution in [0.3, 0.4) is 0 Å². The molecule has 0 heterocycles. The Bertz CT molecular complexity index is 1400. The van der Waals surface area contributed by atoms with Crippen LogP contribution in [0.5, 0.6) is 0 Å². The number of amides is 1. The lowest BCUT2D eigenvalue weighted by Gasteiger charge is -2.22. The SMILES string of the molecule is O=C(CN(Cc1ccc(Cl)cc1)S(=O)(=O)c1ccc(Br)cc1)NCc1cccc2ccccc12. The molecule has 0 radical (unpaired) electrons. The van der Waals surface area contributed by atoms with Gasteiger partial charge in [-0.3, -0.25) is 4.79 Å². The van der Waals surface area contributed by atoms with Crippen molar-refractivity contribution in [2.75, 3.05) is 6.54 Å². The third-order valence-corrected chi connectivity index (χ3v) is 7.99. The second-order valence-corrected chi connectivity index (χ2v) is 11.1. The predicted molar refractivity (Wildman–Crippen MR) is 139 cm³/mol. The summed E-state index contributed by atoms with van der Waals surface area (Å²) >= 11 is 9.30. The zero-order chi connectivity index (χ0) is 24.1. The number of halogens is 2. The van der Waals surface area contributed by atoms with Crippen molar-refractivity contribution in [3.05, 3.63) is 112 Å². The molecular formula is C26H22BrClN2O3S. The molecule has 1 amide bonds. The molecule has 0 atom stereocenters. The Morgan fingerprint density at radius 3 is 2.29 bits per heavy atom. The number of fused-ring (bicyclic) bond motifs is 1. The fraction of sp³-hybridized carbons (Fsp3) is 0.115. The first-order valence-corrected chi connectivity index (χ1v) is 13.2. The van der Waals surface area contributed by atoms with E-state index in [1.807, 2.05) is 42.5 Å². The van der Waals surface area contributed by atoms with Crippen molar-refractivity contribution < 1.29 is 13.2 Å². The zero-order valence-corrected chi connectivity index (χ0v) is 21.3. The Morgan fingerprint density at radius 1 is 0.882 bits per heavy atom. The summed E-state index contributed by atoms with van der Waals surface area (Å²) in [5.41, 5.74) is 1.69. The van der Waals surface area contributed by atoms with Gasteiger partial charge < -0.3 is 5.32 Å². The third kappa shape index (κ3) is 5.85. The van der Waals surface area contributed by atoms with Crippen LogP contribution in [0.2, 0.25) is 5.02 Å². The molecule has 0 spiro atoms. The summed E-state index contributed by atoms with van der Waals surface area (Å²) in [6.45, 7) is 0.0242. The molecule has 0 aliphatic heterocycles. The molecular weight excluding hydrogens is 536 g/mol. The molecule has 0 unspecified atom stereocenters. The van der Waals surface area contributed by atoms with Crippen LogP contribution < -0.4 is 5.32 Å². The second-order valence-electron chi connectivity index (χ2n) is 7.77. The summed E-state index contributed by atoms with van der Waals surface area (Å²) < 4.78 is 28.8. The van der Waals surface area contributed by atoms with Crippen molar-refractivity contribution in [3.63, 3.8) is 0 Å². The molecule has 4 rings (SSSR count). The van der Waals surface area contributed by atoms with E-state index < -0.39 is 10.0 Å². The molecule has 174 valence electrons. The highest BCUT2D eigenvalue weighted by atomic mass is 79.9. The Kier molecular flexibility index (Phi) is 7.68. The number of rotatable bonds is 8. The maximum absolute atomic E-state index is 13.4. The fourth-order valence-electron chi connectivity index (χ4n) is 3.63. The average Bonchev–Trinajstić information content (AvgIpc) is 2.84. The highest BCUT2D eigenvalue weighted by Crippen LogP contribution is 2.22. The standard InChI is InChI=1S/C26H22BrClN2O3S/c27-22-10-14-24(15-11-22)34(32,33)30(17-19-8-12-23(28)13-9-19)18-26(31)29-16-21-6-3-5-20-4-1-2-7-25(20)21/h1-15H,16-18H2,(H,29,31). The number of hydrogen-bond donors (Lipinski definition) is 1. The molecule has 34 heavy (non-hydrogen) atoms. The number of hydrogen-bond acceptors (Lipinski definition) is 3. The van der Waals surface area contributed by atoms with E-state index in [1.54, 1.807) is 36.4 Å². The largest absolute Gasteiger partial charge is 0.351 e. The number of benzene rings is 4. The van der Waals surface area contributed by atoms with Gasteiger partial charge >= 0.3 is 0 Å². The van der Waals surface area contributed by atoms with Crippen molar-refractivity contribution in [1.82, 2.24) is 9.62 Å². The minimum atomic E-state index is -3.92. The van der Waals surface area contributed by atoms with Gasteiger partial charge in [-0.2, -0.15) is 4.31 Å². The van der Waals surface area contributed by atoms with Crippen molar-refractivity contribution in [2.45, 2.75) is 18.0 Å². The van der Waals surface area contributed by atoms with E-state index in [9.17, 15) is 13.2 Å². The summed E-state index contributed by atoms with van der Waals surface area (Å²) in [6.07, 6.45) is 0. The van der Waals surface area contributed by atoms with Crippen molar-refractivity contribution >= 4 is 54.2 Å². The van der Waals surface area contributed by atoms with Gasteiger partial charge in [0.25, 0.3) is 0 Å². The van der Waals surface area contributed by atoms with Crippen molar-refractivity contribution in [1.29, 1.82) is 0 Å². The minimum absolute atomic E-state index is 0.0389. The van der Waals surface area contributed by atoms with E-state index in [2.05, 4.69) is 21.2 Å². The zero-order valence-electron chi connectivity index (χ0n) is 18.1. The topological polar surface area (TPSA) is 66.5 Å². The lowest BCUT2D eigenvalue weighted by Crippen LogP contribution is -2.40. The van der Waals surface area contributed by atoms with Crippen LogP contribution >= 0.6 is 27.5 Å². The van der Waals surface area contributed by atoms with E-state index in [1.165, 1.54) is 16.4 Å². The molecule has 5 nitrogen and oxygen atoms in total. The highest BCUT2D eigenvalue weighted by molar-refractivity contribution is 9.10. The number of nitrogens with one attached hydrogen (secondary N) is 1. The van der Waals surface area contributed by atoms with Crippen LogP contribution in [0.1, 0.15) is 11.1 Å². The van der Waals surface area contributed by atoms with Crippen LogP contribution in [-0.4, -0.2) is 25.2 Å². The number of carbonyl (C=O) groups is 1. The molecule has 4 aromatic rings. The lowest BCUT2D eigenvalue weighted by molar-refractivity contribution is -0.121. The average molecular weight is 558 g/mol. The molecule has 0 saturated heterocycles. The fourth-order valence-corrected chi connectivity index (χ4v) is 5.41. The molecule has 0 aliphatic carbocycles. The molecule has 0 aliphatic rings. The second kappa shape index (κ2) is 10.7. The Balaban J connectivity index is 1.55. The van der Waals surface area contributed by atoms with Gasteiger partial charge in [0.05, 0.1) is 11.4 Å². The summed E-state index contributed by atoms with van der Waals surface area (Å²) in [5.74, 6) is -0.386. The first kappa shape index (κ1) is 24.4. The number of carbonyl (C=O) groups excluding carboxylic acids is 1. The van der Waals surface area contributed by atoms with Crippen LogP contribution in [0.15, 0.2) is 100 Å². The predicted octanol–water partition coefficient (Wildman–Crippen LogP) is 5.76. The summed E-state index contributed by atoms with van der Waals surface area (Å²) in [4.78, 5) is 13.0. The van der Waals surface area contributed by atoms with Gasteiger partial charge in [-0.05, 0) is 58.3 Å². The first-order chi connectivity index (χ1) is 16.3. The molecule has 0 aromatic heterocycles. The Hall–Kier alpha value is -2.71. The van der Waals surface area contributed by atoms with Crippen molar-refractivity contribution in [3.8, 4) is 0 Å². The van der Waals surface area contributed by atoms with Crippen LogP contribution in [0.25, 0.3) is 10.8 Å². The van der Waals surface area contributed by atoms with Gasteiger partial charge in [0.15, 0.2) is 0 Å². The molecule has 0 bridgehead atoms. The van der Waals surface area contributed by atoms with Gasteiger partial charge in [-0.1, -0.05) is 82.1 Å². The van der Waals surface area contributed by atoms with E-state index in [-0.39, 0.29) is 23.9 Å². The monoisotopic (exact) mass is 556 g/mol. The maximum atomic E-state index is 13.4. The molecule has 0 saturated carbocycles.